The minimum absolute atomic E-state index is 0.0123. The van der Waals surface area contributed by atoms with E-state index in [1.165, 1.54) is 12.1 Å². The SMILES string of the molecule is Cc1nnc(N[C@H](C)c2cccc(C(F)(F)CO)c2F)c2cc3c(cc12)n(C)c(=O)n3C1CCC1. The van der Waals surface area contributed by atoms with Gasteiger partial charge in [0.15, 0.2) is 5.82 Å². The molecule has 1 atom stereocenters. The van der Waals surface area contributed by atoms with Crippen LogP contribution in [0.15, 0.2) is 35.1 Å². The summed E-state index contributed by atoms with van der Waals surface area (Å²) in [6.45, 7) is 1.96. The van der Waals surface area contributed by atoms with Gasteiger partial charge in [-0.2, -0.15) is 13.9 Å². The van der Waals surface area contributed by atoms with E-state index in [2.05, 4.69) is 15.5 Å². The zero-order valence-corrected chi connectivity index (χ0v) is 19.6. The molecule has 0 saturated heterocycles. The second-order valence-electron chi connectivity index (χ2n) is 9.25. The van der Waals surface area contributed by atoms with E-state index in [1.807, 2.05) is 23.6 Å². The van der Waals surface area contributed by atoms with Crippen molar-refractivity contribution in [3.63, 3.8) is 0 Å². The van der Waals surface area contributed by atoms with E-state index in [0.717, 1.165) is 41.7 Å². The topological polar surface area (TPSA) is 85.0 Å². The Balaban J connectivity index is 1.62. The highest BCUT2D eigenvalue weighted by Gasteiger charge is 2.35. The number of alkyl halides is 2. The minimum Gasteiger partial charge on any atom is -0.390 e. The number of aromatic nitrogens is 4. The molecule has 35 heavy (non-hydrogen) atoms. The molecule has 7 nitrogen and oxygen atoms in total. The number of halogens is 3. The van der Waals surface area contributed by atoms with Crippen LogP contribution in [0.4, 0.5) is 19.0 Å². The summed E-state index contributed by atoms with van der Waals surface area (Å²) in [5.74, 6) is -4.42. The molecule has 0 spiro atoms. The van der Waals surface area contributed by atoms with Crippen molar-refractivity contribution in [2.45, 2.75) is 51.1 Å². The maximum atomic E-state index is 15.0. The standard InChI is InChI=1S/C25H26F3N5O2/c1-13(16-8-5-9-19(22(16)26)25(27,28)12-34)29-23-18-11-21-20(10-17(18)14(2)30-31-23)32(3)24(35)33(21)15-6-4-7-15/h5,8-11,13,15,34H,4,6-7,12H2,1-3H3,(H,29,31)/t13-/m1/s1. The molecule has 0 unspecified atom stereocenters. The van der Waals surface area contributed by atoms with Crippen molar-refractivity contribution in [1.82, 2.24) is 19.3 Å². The number of aryl methyl sites for hydroxylation is 2. The lowest BCUT2D eigenvalue weighted by Crippen LogP contribution is -2.29. The average Bonchev–Trinajstić information content (AvgIpc) is 3.03. The van der Waals surface area contributed by atoms with Gasteiger partial charge in [-0.15, -0.1) is 5.10 Å². The van der Waals surface area contributed by atoms with Gasteiger partial charge in [-0.25, -0.2) is 9.18 Å². The Labute approximate surface area is 199 Å². The lowest BCUT2D eigenvalue weighted by molar-refractivity contribution is -0.0583. The molecule has 2 heterocycles. The van der Waals surface area contributed by atoms with Gasteiger partial charge in [-0.05, 0) is 51.3 Å². The Bertz CT molecular complexity index is 1510. The summed E-state index contributed by atoms with van der Waals surface area (Å²) < 4.78 is 46.5. The third kappa shape index (κ3) is 3.67. The van der Waals surface area contributed by atoms with Gasteiger partial charge in [0.1, 0.15) is 12.4 Å². The number of nitrogens with one attached hydrogen (secondary N) is 1. The molecule has 4 aromatic rings. The van der Waals surface area contributed by atoms with Gasteiger partial charge < -0.3 is 10.4 Å². The summed E-state index contributed by atoms with van der Waals surface area (Å²) >= 11 is 0. The van der Waals surface area contributed by atoms with Crippen molar-refractivity contribution >= 4 is 27.6 Å². The Morgan fingerprint density at radius 3 is 2.57 bits per heavy atom. The van der Waals surface area contributed by atoms with Gasteiger partial charge in [0.2, 0.25) is 0 Å². The fraction of sp³-hybridized carbons (Fsp3) is 0.400. The van der Waals surface area contributed by atoms with E-state index >= 15 is 4.39 Å². The fourth-order valence-electron chi connectivity index (χ4n) is 4.77. The lowest BCUT2D eigenvalue weighted by atomic mass is 9.93. The van der Waals surface area contributed by atoms with Gasteiger partial charge in [0.05, 0.1) is 28.3 Å². The number of imidazole rings is 1. The molecule has 0 bridgehead atoms. The lowest BCUT2D eigenvalue weighted by Gasteiger charge is -2.26. The van der Waals surface area contributed by atoms with E-state index in [-0.39, 0.29) is 17.3 Å². The summed E-state index contributed by atoms with van der Waals surface area (Å²) in [6.07, 6.45) is 2.97. The Morgan fingerprint density at radius 2 is 1.91 bits per heavy atom. The summed E-state index contributed by atoms with van der Waals surface area (Å²) in [5.41, 5.74) is 1.31. The van der Waals surface area contributed by atoms with Crippen LogP contribution < -0.4 is 11.0 Å². The number of anilines is 1. The maximum Gasteiger partial charge on any atom is 0.329 e. The highest BCUT2D eigenvalue weighted by Crippen LogP contribution is 2.37. The Hall–Kier alpha value is -3.40. The van der Waals surface area contributed by atoms with Gasteiger partial charge in [-0.3, -0.25) is 9.13 Å². The zero-order chi connectivity index (χ0) is 25.1. The molecule has 0 amide bonds. The highest BCUT2D eigenvalue weighted by molar-refractivity contribution is 6.01. The van der Waals surface area contributed by atoms with Crippen LogP contribution in [0.5, 0.6) is 0 Å². The van der Waals surface area contributed by atoms with Gasteiger partial charge in [-0.1, -0.05) is 12.1 Å². The molecule has 10 heteroatoms. The molecule has 2 aromatic carbocycles. The van der Waals surface area contributed by atoms with E-state index in [1.54, 1.807) is 18.5 Å². The van der Waals surface area contributed by atoms with E-state index in [9.17, 15) is 13.6 Å². The largest absolute Gasteiger partial charge is 0.390 e. The van der Waals surface area contributed by atoms with Crippen molar-refractivity contribution in [3.8, 4) is 0 Å². The van der Waals surface area contributed by atoms with Gasteiger partial charge >= 0.3 is 5.69 Å². The molecule has 1 fully saturated rings. The molecule has 1 saturated carbocycles. The molecule has 0 aliphatic heterocycles. The molecule has 2 aromatic heterocycles. The van der Waals surface area contributed by atoms with Crippen LogP contribution in [-0.4, -0.2) is 31.0 Å². The van der Waals surface area contributed by atoms with Crippen LogP contribution in [0.3, 0.4) is 0 Å². The maximum absolute atomic E-state index is 15.0. The van der Waals surface area contributed by atoms with Gasteiger partial charge in [0.25, 0.3) is 5.92 Å². The van der Waals surface area contributed by atoms with Crippen LogP contribution in [0.1, 0.15) is 55.1 Å². The number of aliphatic hydroxyl groups excluding tert-OH is 1. The smallest absolute Gasteiger partial charge is 0.329 e. The zero-order valence-electron chi connectivity index (χ0n) is 19.6. The Kier molecular flexibility index (Phi) is 5.58. The van der Waals surface area contributed by atoms with Crippen LogP contribution in [-0.2, 0) is 13.0 Å². The van der Waals surface area contributed by atoms with Crippen LogP contribution in [0, 0.1) is 12.7 Å². The molecule has 184 valence electrons. The first-order valence-corrected chi connectivity index (χ1v) is 11.6. The number of nitrogens with zero attached hydrogens (tertiary/aromatic N) is 4. The fourth-order valence-corrected chi connectivity index (χ4v) is 4.77. The second-order valence-corrected chi connectivity index (χ2v) is 9.25. The van der Waals surface area contributed by atoms with E-state index in [0.29, 0.717) is 16.9 Å². The predicted octanol–water partition coefficient (Wildman–Crippen LogP) is 4.71. The van der Waals surface area contributed by atoms with Crippen molar-refractivity contribution in [2.75, 3.05) is 11.9 Å². The molecule has 1 aliphatic carbocycles. The van der Waals surface area contributed by atoms with Gasteiger partial charge in [0, 0.05) is 29.4 Å². The average molecular weight is 486 g/mol. The number of rotatable bonds is 6. The summed E-state index contributed by atoms with van der Waals surface area (Å²) in [5, 5.41) is 22.1. The first-order valence-electron chi connectivity index (χ1n) is 11.6. The second kappa shape index (κ2) is 8.37. The third-order valence-electron chi connectivity index (χ3n) is 7.05. The van der Waals surface area contributed by atoms with Crippen molar-refractivity contribution in [2.24, 2.45) is 7.05 Å². The summed E-state index contributed by atoms with van der Waals surface area (Å²) in [4.78, 5) is 13.0. The van der Waals surface area contributed by atoms with E-state index in [4.69, 9.17) is 5.11 Å². The molecule has 2 N–H and O–H groups in total. The minimum atomic E-state index is -3.69. The number of benzene rings is 2. The number of hydrogen-bond acceptors (Lipinski definition) is 5. The first-order chi connectivity index (χ1) is 16.6. The number of fused-ring (bicyclic) bond motifs is 2. The quantitative estimate of drug-likeness (QED) is 0.413. The van der Waals surface area contributed by atoms with Crippen LogP contribution in [0.2, 0.25) is 0 Å². The molecular formula is C25H26F3N5O2. The van der Waals surface area contributed by atoms with Crippen molar-refractivity contribution in [3.05, 3.63) is 63.5 Å². The predicted molar refractivity (Wildman–Crippen MR) is 127 cm³/mol. The van der Waals surface area contributed by atoms with Crippen LogP contribution >= 0.6 is 0 Å². The molecule has 5 rings (SSSR count). The number of hydrogen-bond donors (Lipinski definition) is 2. The highest BCUT2D eigenvalue weighted by atomic mass is 19.3. The molecular weight excluding hydrogens is 459 g/mol. The Morgan fingerprint density at radius 1 is 1.20 bits per heavy atom. The third-order valence-corrected chi connectivity index (χ3v) is 7.05. The molecule has 1 aliphatic rings. The van der Waals surface area contributed by atoms with E-state index < -0.39 is 30.0 Å². The molecule has 0 radical (unpaired) electrons. The number of aliphatic hydroxyl groups is 1. The summed E-state index contributed by atoms with van der Waals surface area (Å²) in [7, 11) is 1.74. The summed E-state index contributed by atoms with van der Waals surface area (Å²) in [6, 6.07) is 6.94. The first kappa shape index (κ1) is 23.3. The normalized spacial score (nSPS) is 15.5. The monoisotopic (exact) mass is 485 g/mol. The van der Waals surface area contributed by atoms with Crippen molar-refractivity contribution < 1.29 is 18.3 Å². The van der Waals surface area contributed by atoms with Crippen LogP contribution in [0.25, 0.3) is 21.8 Å². The van der Waals surface area contributed by atoms with Crippen molar-refractivity contribution in [1.29, 1.82) is 0 Å².